The third-order valence-corrected chi connectivity index (χ3v) is 2.85. The predicted octanol–water partition coefficient (Wildman–Crippen LogP) is 4.48. The molecule has 0 heterocycles. The van der Waals surface area contributed by atoms with Gasteiger partial charge in [0, 0.05) is 28.3 Å². The molecule has 2 rings (SSSR count). The Kier molecular flexibility index (Phi) is 3.91. The number of nitrogens with one attached hydrogen (secondary N) is 1. The Labute approximate surface area is 111 Å². The minimum absolute atomic E-state index is 0.147. The van der Waals surface area contributed by atoms with Crippen molar-refractivity contribution in [3.05, 3.63) is 63.9 Å². The third kappa shape index (κ3) is 3.26. The SMILES string of the molecule is Fc1cc(F)cc(NCc2cc(Br)ccc2F)c1. The summed E-state index contributed by atoms with van der Waals surface area (Å²) in [6, 6.07) is 7.61. The molecule has 94 valence electrons. The van der Waals surface area contributed by atoms with Crippen molar-refractivity contribution >= 4 is 21.6 Å². The van der Waals surface area contributed by atoms with E-state index in [9.17, 15) is 13.2 Å². The van der Waals surface area contributed by atoms with Gasteiger partial charge in [0.25, 0.3) is 0 Å². The van der Waals surface area contributed by atoms with Crippen LogP contribution in [0.5, 0.6) is 0 Å². The zero-order chi connectivity index (χ0) is 13.1. The average molecular weight is 316 g/mol. The van der Waals surface area contributed by atoms with Gasteiger partial charge in [0.05, 0.1) is 0 Å². The lowest BCUT2D eigenvalue weighted by atomic mass is 10.2. The molecule has 0 bridgehead atoms. The topological polar surface area (TPSA) is 12.0 Å². The molecule has 0 aromatic heterocycles. The van der Waals surface area contributed by atoms with E-state index in [0.717, 1.165) is 22.7 Å². The molecule has 0 spiro atoms. The molecule has 5 heteroatoms. The first-order valence-electron chi connectivity index (χ1n) is 5.18. The van der Waals surface area contributed by atoms with Gasteiger partial charge in [-0.2, -0.15) is 0 Å². The molecule has 0 aliphatic rings. The van der Waals surface area contributed by atoms with E-state index in [4.69, 9.17) is 0 Å². The Morgan fingerprint density at radius 1 is 0.944 bits per heavy atom. The smallest absolute Gasteiger partial charge is 0.128 e. The summed E-state index contributed by atoms with van der Waals surface area (Å²) in [6.45, 7) is 0.147. The fraction of sp³-hybridized carbons (Fsp3) is 0.0769. The second-order valence-electron chi connectivity index (χ2n) is 3.75. The van der Waals surface area contributed by atoms with Crippen LogP contribution < -0.4 is 5.32 Å². The van der Waals surface area contributed by atoms with Gasteiger partial charge in [-0.05, 0) is 30.3 Å². The molecule has 0 radical (unpaired) electrons. The Morgan fingerprint density at radius 2 is 1.61 bits per heavy atom. The molecule has 0 amide bonds. The molecule has 0 atom stereocenters. The van der Waals surface area contributed by atoms with Crippen molar-refractivity contribution in [3.8, 4) is 0 Å². The molecular formula is C13H9BrF3N. The summed E-state index contributed by atoms with van der Waals surface area (Å²) in [6.07, 6.45) is 0. The van der Waals surface area contributed by atoms with Crippen molar-refractivity contribution in [2.75, 3.05) is 5.32 Å². The normalized spacial score (nSPS) is 10.4. The second kappa shape index (κ2) is 5.44. The first-order chi connectivity index (χ1) is 8.54. The molecule has 1 N–H and O–H groups in total. The van der Waals surface area contributed by atoms with Crippen LogP contribution in [0.4, 0.5) is 18.9 Å². The van der Waals surface area contributed by atoms with Crippen LogP contribution in [0.15, 0.2) is 40.9 Å². The molecule has 0 aliphatic carbocycles. The van der Waals surface area contributed by atoms with Gasteiger partial charge in [-0.15, -0.1) is 0 Å². The largest absolute Gasteiger partial charge is 0.381 e. The van der Waals surface area contributed by atoms with Crippen LogP contribution in [-0.4, -0.2) is 0 Å². The van der Waals surface area contributed by atoms with Gasteiger partial charge in [-0.1, -0.05) is 15.9 Å². The Balaban J connectivity index is 2.13. The highest BCUT2D eigenvalue weighted by Crippen LogP contribution is 2.18. The lowest BCUT2D eigenvalue weighted by Gasteiger charge is -2.08. The van der Waals surface area contributed by atoms with E-state index in [1.54, 1.807) is 12.1 Å². The number of hydrogen-bond donors (Lipinski definition) is 1. The minimum Gasteiger partial charge on any atom is -0.381 e. The van der Waals surface area contributed by atoms with Gasteiger partial charge in [0.1, 0.15) is 17.5 Å². The van der Waals surface area contributed by atoms with Gasteiger partial charge < -0.3 is 5.32 Å². The summed E-state index contributed by atoms with van der Waals surface area (Å²) in [5, 5.41) is 2.77. The van der Waals surface area contributed by atoms with Gasteiger partial charge in [0.2, 0.25) is 0 Å². The van der Waals surface area contributed by atoms with Gasteiger partial charge in [0.15, 0.2) is 0 Å². The number of hydrogen-bond acceptors (Lipinski definition) is 1. The van der Waals surface area contributed by atoms with Crippen molar-refractivity contribution in [2.45, 2.75) is 6.54 Å². The maximum absolute atomic E-state index is 13.4. The first-order valence-corrected chi connectivity index (χ1v) is 5.98. The highest BCUT2D eigenvalue weighted by Gasteiger charge is 2.04. The first kappa shape index (κ1) is 13.0. The zero-order valence-electron chi connectivity index (χ0n) is 9.18. The monoisotopic (exact) mass is 315 g/mol. The van der Waals surface area contributed by atoms with E-state index in [1.165, 1.54) is 6.07 Å². The van der Waals surface area contributed by atoms with E-state index < -0.39 is 11.6 Å². The van der Waals surface area contributed by atoms with Crippen LogP contribution in [0, 0.1) is 17.5 Å². The molecule has 0 saturated heterocycles. The van der Waals surface area contributed by atoms with Crippen LogP contribution in [-0.2, 0) is 6.54 Å². The summed E-state index contributed by atoms with van der Waals surface area (Å²) in [5.74, 6) is -1.72. The number of halogens is 4. The quantitative estimate of drug-likeness (QED) is 0.880. The van der Waals surface area contributed by atoms with E-state index in [-0.39, 0.29) is 18.0 Å². The van der Waals surface area contributed by atoms with Crippen molar-refractivity contribution in [1.29, 1.82) is 0 Å². The van der Waals surface area contributed by atoms with Crippen molar-refractivity contribution in [2.24, 2.45) is 0 Å². The van der Waals surface area contributed by atoms with E-state index in [1.807, 2.05) is 0 Å². The summed E-state index contributed by atoms with van der Waals surface area (Å²) in [7, 11) is 0. The molecule has 0 unspecified atom stereocenters. The van der Waals surface area contributed by atoms with Gasteiger partial charge in [-0.3, -0.25) is 0 Å². The maximum Gasteiger partial charge on any atom is 0.128 e. The van der Waals surface area contributed by atoms with Gasteiger partial charge in [-0.25, -0.2) is 13.2 Å². The lowest BCUT2D eigenvalue weighted by molar-refractivity contribution is 0.584. The second-order valence-corrected chi connectivity index (χ2v) is 4.66. The van der Waals surface area contributed by atoms with E-state index in [0.29, 0.717) is 5.56 Å². The standard InChI is InChI=1S/C13H9BrF3N/c14-9-1-2-13(17)8(3-9)7-18-12-5-10(15)4-11(16)6-12/h1-6,18H,7H2. The molecule has 1 nitrogen and oxygen atoms in total. The molecule has 0 fully saturated rings. The molecule has 18 heavy (non-hydrogen) atoms. The molecule has 2 aromatic rings. The summed E-state index contributed by atoms with van der Waals surface area (Å²) in [5.41, 5.74) is 0.681. The predicted molar refractivity (Wildman–Crippen MR) is 67.8 cm³/mol. The van der Waals surface area contributed by atoms with Crippen molar-refractivity contribution in [1.82, 2.24) is 0 Å². The molecule has 0 saturated carbocycles. The fourth-order valence-electron chi connectivity index (χ4n) is 1.53. The fourth-order valence-corrected chi connectivity index (χ4v) is 1.94. The summed E-state index contributed by atoms with van der Waals surface area (Å²) >= 11 is 3.23. The average Bonchev–Trinajstić information content (AvgIpc) is 2.29. The van der Waals surface area contributed by atoms with Crippen molar-refractivity contribution in [3.63, 3.8) is 0 Å². The lowest BCUT2D eigenvalue weighted by Crippen LogP contribution is -2.02. The van der Waals surface area contributed by atoms with E-state index >= 15 is 0 Å². The van der Waals surface area contributed by atoms with Crippen LogP contribution in [0.3, 0.4) is 0 Å². The highest BCUT2D eigenvalue weighted by atomic mass is 79.9. The van der Waals surface area contributed by atoms with Crippen LogP contribution in [0.2, 0.25) is 0 Å². The van der Waals surface area contributed by atoms with Gasteiger partial charge >= 0.3 is 0 Å². The van der Waals surface area contributed by atoms with E-state index in [2.05, 4.69) is 21.2 Å². The van der Waals surface area contributed by atoms with Crippen LogP contribution >= 0.6 is 15.9 Å². The summed E-state index contributed by atoms with van der Waals surface area (Å²) in [4.78, 5) is 0. The highest BCUT2D eigenvalue weighted by molar-refractivity contribution is 9.10. The zero-order valence-corrected chi connectivity index (χ0v) is 10.8. The Hall–Kier alpha value is -1.49. The Morgan fingerprint density at radius 3 is 2.28 bits per heavy atom. The molecular weight excluding hydrogens is 307 g/mol. The molecule has 0 aliphatic heterocycles. The summed E-state index contributed by atoms with van der Waals surface area (Å²) < 4.78 is 40.0. The third-order valence-electron chi connectivity index (χ3n) is 2.35. The maximum atomic E-state index is 13.4. The minimum atomic E-state index is -0.674. The number of anilines is 1. The number of benzene rings is 2. The van der Waals surface area contributed by atoms with Crippen LogP contribution in [0.25, 0.3) is 0 Å². The number of rotatable bonds is 3. The Bertz CT molecular complexity index is 552. The van der Waals surface area contributed by atoms with Crippen LogP contribution in [0.1, 0.15) is 5.56 Å². The van der Waals surface area contributed by atoms with Crippen molar-refractivity contribution < 1.29 is 13.2 Å². The molecule has 2 aromatic carbocycles.